The summed E-state index contributed by atoms with van der Waals surface area (Å²) in [5.41, 5.74) is 0.827. The van der Waals surface area contributed by atoms with Crippen molar-refractivity contribution in [3.05, 3.63) is 33.8 Å². The van der Waals surface area contributed by atoms with Gasteiger partial charge in [-0.2, -0.15) is 0 Å². The largest absolute Gasteiger partial charge is 0.378 e. The summed E-state index contributed by atoms with van der Waals surface area (Å²) in [5.74, 6) is 0.932. The highest BCUT2D eigenvalue weighted by Gasteiger charge is 2.19. The molecule has 1 aromatic carbocycles. The lowest BCUT2D eigenvalue weighted by atomic mass is 10.1. The Hall–Kier alpha value is -1.48. The third-order valence-corrected chi connectivity index (χ3v) is 5.83. The summed E-state index contributed by atoms with van der Waals surface area (Å²) >= 11 is 13.5. The molecule has 0 bridgehead atoms. The van der Waals surface area contributed by atoms with Crippen molar-refractivity contribution in [3.63, 3.8) is 0 Å². The van der Waals surface area contributed by atoms with E-state index in [2.05, 4.69) is 20.4 Å². The second-order valence-corrected chi connectivity index (χ2v) is 7.97. The molecule has 0 radical (unpaired) electrons. The van der Waals surface area contributed by atoms with E-state index in [-0.39, 0.29) is 17.7 Å². The highest BCUT2D eigenvalue weighted by molar-refractivity contribution is 7.99. The van der Waals surface area contributed by atoms with Crippen LogP contribution in [-0.2, 0) is 16.6 Å². The molecule has 2 aromatic rings. The Morgan fingerprint density at radius 3 is 2.78 bits per heavy atom. The number of aromatic nitrogens is 3. The summed E-state index contributed by atoms with van der Waals surface area (Å²) < 4.78 is 7.27. The Balaban J connectivity index is 1.55. The molecule has 1 atom stereocenters. The standard InChI is InChI=1S/C17H21Cl2N5O2S/c1-11(13-4-3-12(18)9-14(13)19)20-15(25)10-27-17-22-21-16(23(17)2)24-5-7-26-8-6-24/h3-4,9,11H,5-8,10H2,1-2H3,(H,20,25). The van der Waals surface area contributed by atoms with E-state index in [0.29, 0.717) is 28.4 Å². The Bertz CT molecular complexity index is 811. The Kier molecular flexibility index (Phi) is 6.86. The number of amides is 1. The van der Waals surface area contributed by atoms with Crippen LogP contribution in [0.5, 0.6) is 0 Å². The topological polar surface area (TPSA) is 72.3 Å². The van der Waals surface area contributed by atoms with E-state index < -0.39 is 0 Å². The molecule has 27 heavy (non-hydrogen) atoms. The van der Waals surface area contributed by atoms with Gasteiger partial charge in [-0.25, -0.2) is 0 Å². The van der Waals surface area contributed by atoms with Crippen LogP contribution in [0.2, 0.25) is 10.0 Å². The molecule has 0 spiro atoms. The molecule has 7 nitrogen and oxygen atoms in total. The third kappa shape index (κ3) is 5.07. The van der Waals surface area contributed by atoms with Gasteiger partial charge in [0.05, 0.1) is 25.0 Å². The molecule has 146 valence electrons. The zero-order valence-corrected chi connectivity index (χ0v) is 17.4. The number of anilines is 1. The van der Waals surface area contributed by atoms with Crippen molar-refractivity contribution in [3.8, 4) is 0 Å². The number of hydrogen-bond donors (Lipinski definition) is 1. The van der Waals surface area contributed by atoms with Crippen LogP contribution in [0.25, 0.3) is 0 Å². The molecule has 3 rings (SSSR count). The zero-order valence-electron chi connectivity index (χ0n) is 15.1. The van der Waals surface area contributed by atoms with Crippen molar-refractivity contribution >= 4 is 46.8 Å². The Morgan fingerprint density at radius 1 is 1.33 bits per heavy atom. The molecule has 0 aliphatic carbocycles. The predicted molar refractivity (Wildman–Crippen MR) is 108 cm³/mol. The summed E-state index contributed by atoms with van der Waals surface area (Å²) in [4.78, 5) is 14.4. The number of carbonyl (C=O) groups is 1. The highest BCUT2D eigenvalue weighted by atomic mass is 35.5. The maximum absolute atomic E-state index is 12.3. The number of rotatable bonds is 6. The van der Waals surface area contributed by atoms with Gasteiger partial charge in [0.15, 0.2) is 5.16 Å². The molecule has 1 unspecified atom stereocenters. The smallest absolute Gasteiger partial charge is 0.230 e. The van der Waals surface area contributed by atoms with Crippen molar-refractivity contribution in [2.45, 2.75) is 18.1 Å². The van der Waals surface area contributed by atoms with Crippen LogP contribution in [0.4, 0.5) is 5.95 Å². The van der Waals surface area contributed by atoms with Gasteiger partial charge in [-0.1, -0.05) is 41.0 Å². The number of ether oxygens (including phenoxy) is 1. The second kappa shape index (κ2) is 9.14. The van der Waals surface area contributed by atoms with Crippen LogP contribution < -0.4 is 10.2 Å². The van der Waals surface area contributed by atoms with Gasteiger partial charge in [-0.3, -0.25) is 9.36 Å². The normalized spacial score (nSPS) is 15.6. The van der Waals surface area contributed by atoms with Gasteiger partial charge in [0.1, 0.15) is 0 Å². The van der Waals surface area contributed by atoms with Gasteiger partial charge in [0.2, 0.25) is 11.9 Å². The molecular weight excluding hydrogens is 409 g/mol. The number of carbonyl (C=O) groups excluding carboxylic acids is 1. The zero-order chi connectivity index (χ0) is 19.4. The second-order valence-electron chi connectivity index (χ2n) is 6.18. The average Bonchev–Trinajstić information content (AvgIpc) is 3.01. The fourth-order valence-corrected chi connectivity index (χ4v) is 4.10. The summed E-state index contributed by atoms with van der Waals surface area (Å²) in [6.45, 7) is 4.83. The van der Waals surface area contributed by atoms with Crippen molar-refractivity contribution in [2.75, 3.05) is 37.0 Å². The molecule has 1 amide bonds. The number of benzene rings is 1. The fraction of sp³-hybridized carbons (Fsp3) is 0.471. The molecule has 2 heterocycles. The van der Waals surface area contributed by atoms with E-state index in [1.165, 1.54) is 11.8 Å². The maximum atomic E-state index is 12.3. The first-order valence-electron chi connectivity index (χ1n) is 8.55. The number of thioether (sulfide) groups is 1. The van der Waals surface area contributed by atoms with Crippen LogP contribution in [0.1, 0.15) is 18.5 Å². The lowest BCUT2D eigenvalue weighted by Gasteiger charge is -2.27. The number of nitrogens with zero attached hydrogens (tertiary/aromatic N) is 4. The van der Waals surface area contributed by atoms with Crippen molar-refractivity contribution in [1.29, 1.82) is 0 Å². The molecule has 1 N–H and O–H groups in total. The van der Waals surface area contributed by atoms with Gasteiger partial charge in [-0.05, 0) is 24.6 Å². The maximum Gasteiger partial charge on any atom is 0.230 e. The molecule has 1 aromatic heterocycles. The number of hydrogen-bond acceptors (Lipinski definition) is 6. The number of morpholine rings is 1. The molecule has 0 saturated carbocycles. The fourth-order valence-electron chi connectivity index (χ4n) is 2.82. The van der Waals surface area contributed by atoms with E-state index in [9.17, 15) is 4.79 Å². The van der Waals surface area contributed by atoms with Gasteiger partial charge < -0.3 is 15.0 Å². The Labute approximate surface area is 172 Å². The van der Waals surface area contributed by atoms with Gasteiger partial charge in [0.25, 0.3) is 0 Å². The van der Waals surface area contributed by atoms with E-state index >= 15 is 0 Å². The predicted octanol–water partition coefficient (Wildman–Crippen LogP) is 2.93. The lowest BCUT2D eigenvalue weighted by Crippen LogP contribution is -2.37. The number of nitrogens with one attached hydrogen (secondary N) is 1. The minimum absolute atomic E-state index is 0.102. The van der Waals surface area contributed by atoms with Gasteiger partial charge >= 0.3 is 0 Å². The van der Waals surface area contributed by atoms with Gasteiger partial charge in [-0.15, -0.1) is 10.2 Å². The van der Waals surface area contributed by atoms with Crippen molar-refractivity contribution < 1.29 is 9.53 Å². The highest BCUT2D eigenvalue weighted by Crippen LogP contribution is 2.26. The van der Waals surface area contributed by atoms with Crippen LogP contribution in [-0.4, -0.2) is 52.7 Å². The van der Waals surface area contributed by atoms with Crippen LogP contribution in [0, 0.1) is 0 Å². The van der Waals surface area contributed by atoms with Crippen molar-refractivity contribution in [2.24, 2.45) is 7.05 Å². The van der Waals surface area contributed by atoms with Crippen molar-refractivity contribution in [1.82, 2.24) is 20.1 Å². The first-order chi connectivity index (χ1) is 13.0. The quantitative estimate of drug-likeness (QED) is 0.711. The average molecular weight is 430 g/mol. The third-order valence-electron chi connectivity index (χ3n) is 4.24. The SMILES string of the molecule is CC(NC(=O)CSc1nnc(N2CCOCC2)n1C)c1ccc(Cl)cc1Cl. The van der Waals surface area contributed by atoms with E-state index in [1.807, 2.05) is 24.6 Å². The summed E-state index contributed by atoms with van der Waals surface area (Å²) in [7, 11) is 1.90. The monoisotopic (exact) mass is 429 g/mol. The van der Waals surface area contributed by atoms with E-state index in [0.717, 1.165) is 24.6 Å². The van der Waals surface area contributed by atoms with Crippen LogP contribution >= 0.6 is 35.0 Å². The van der Waals surface area contributed by atoms with Crippen LogP contribution in [0.15, 0.2) is 23.4 Å². The lowest BCUT2D eigenvalue weighted by molar-refractivity contribution is -0.119. The Morgan fingerprint density at radius 2 is 2.07 bits per heavy atom. The van der Waals surface area contributed by atoms with Crippen LogP contribution in [0.3, 0.4) is 0 Å². The summed E-state index contributed by atoms with van der Waals surface area (Å²) in [6.07, 6.45) is 0. The van der Waals surface area contributed by atoms with E-state index in [1.54, 1.807) is 12.1 Å². The number of halogens is 2. The first kappa shape index (κ1) is 20.3. The molecule has 1 saturated heterocycles. The molecule has 1 fully saturated rings. The molecule has 10 heteroatoms. The molecule has 1 aliphatic heterocycles. The minimum Gasteiger partial charge on any atom is -0.378 e. The van der Waals surface area contributed by atoms with E-state index in [4.69, 9.17) is 27.9 Å². The molecular formula is C17H21Cl2N5O2S. The summed E-state index contributed by atoms with van der Waals surface area (Å²) in [6, 6.07) is 5.03. The first-order valence-corrected chi connectivity index (χ1v) is 10.3. The van der Waals surface area contributed by atoms with Gasteiger partial charge in [0, 0.05) is 30.2 Å². The summed E-state index contributed by atoms with van der Waals surface area (Å²) in [5, 5.41) is 13.2. The minimum atomic E-state index is -0.216. The molecule has 1 aliphatic rings.